The zero-order valence-electron chi connectivity index (χ0n) is 15.6. The Balaban J connectivity index is 1.44. The second kappa shape index (κ2) is 8.99. The van der Waals surface area contributed by atoms with Crippen LogP contribution in [0.3, 0.4) is 0 Å². The number of hydrogen-bond donors (Lipinski definition) is 1. The molecule has 0 aliphatic carbocycles. The summed E-state index contributed by atoms with van der Waals surface area (Å²) in [6.07, 6.45) is 2.92. The highest BCUT2D eigenvalue weighted by atomic mass is 32.2. The van der Waals surface area contributed by atoms with Gasteiger partial charge in [-0.15, -0.1) is 11.3 Å². The molecule has 1 N–H and O–H groups in total. The topological polar surface area (TPSA) is 66.5 Å². The Labute approximate surface area is 165 Å². The van der Waals surface area contributed by atoms with Crippen LogP contribution >= 0.6 is 11.3 Å². The number of piperidine rings is 1. The van der Waals surface area contributed by atoms with Crippen molar-refractivity contribution in [2.45, 2.75) is 43.4 Å². The number of sulfonamides is 1. The maximum absolute atomic E-state index is 12.5. The SMILES string of the molecule is CCc1ccc(CNC(=O)CC2CCN(S(=O)(=O)c3cccs3)CC2)cc1. The van der Waals surface area contributed by atoms with Crippen LogP contribution in [0.2, 0.25) is 0 Å². The standard InChI is InChI=1S/C20H26N2O3S2/c1-2-16-5-7-18(8-6-16)15-21-19(23)14-17-9-11-22(12-10-17)27(24,25)20-4-3-13-26-20/h3-8,13,17H,2,9-12,14-15H2,1H3,(H,21,23). The number of amides is 1. The van der Waals surface area contributed by atoms with Crippen LogP contribution in [-0.2, 0) is 27.8 Å². The van der Waals surface area contributed by atoms with Gasteiger partial charge in [-0.25, -0.2) is 8.42 Å². The van der Waals surface area contributed by atoms with E-state index in [4.69, 9.17) is 0 Å². The molecule has 1 aliphatic heterocycles. The van der Waals surface area contributed by atoms with Gasteiger partial charge >= 0.3 is 0 Å². The molecule has 0 bridgehead atoms. The van der Waals surface area contributed by atoms with Crippen molar-refractivity contribution in [2.75, 3.05) is 13.1 Å². The van der Waals surface area contributed by atoms with E-state index in [1.165, 1.54) is 16.9 Å². The Morgan fingerprint density at radius 2 is 1.81 bits per heavy atom. The smallest absolute Gasteiger partial charge is 0.252 e. The average molecular weight is 407 g/mol. The number of carbonyl (C=O) groups excluding carboxylic acids is 1. The van der Waals surface area contributed by atoms with Gasteiger partial charge in [0.1, 0.15) is 4.21 Å². The normalized spacial score (nSPS) is 16.3. The van der Waals surface area contributed by atoms with E-state index >= 15 is 0 Å². The van der Waals surface area contributed by atoms with Gasteiger partial charge < -0.3 is 5.32 Å². The van der Waals surface area contributed by atoms with Gasteiger partial charge in [0, 0.05) is 26.1 Å². The van der Waals surface area contributed by atoms with Crippen LogP contribution in [0.15, 0.2) is 46.0 Å². The van der Waals surface area contributed by atoms with E-state index in [1.807, 2.05) is 12.1 Å². The van der Waals surface area contributed by atoms with Crippen LogP contribution in [0.25, 0.3) is 0 Å². The number of rotatable bonds is 7. The van der Waals surface area contributed by atoms with E-state index < -0.39 is 10.0 Å². The highest BCUT2D eigenvalue weighted by Crippen LogP contribution is 2.27. The minimum atomic E-state index is -3.37. The van der Waals surface area contributed by atoms with Crippen molar-refractivity contribution in [3.05, 3.63) is 52.9 Å². The largest absolute Gasteiger partial charge is 0.352 e. The zero-order chi connectivity index (χ0) is 19.3. The predicted octanol–water partition coefficient (Wildman–Crippen LogP) is 3.42. The van der Waals surface area contributed by atoms with Crippen LogP contribution in [-0.4, -0.2) is 31.7 Å². The lowest BCUT2D eigenvalue weighted by Gasteiger charge is -2.30. The van der Waals surface area contributed by atoms with Crippen LogP contribution in [0.4, 0.5) is 0 Å². The van der Waals surface area contributed by atoms with Crippen LogP contribution in [0.1, 0.15) is 37.3 Å². The van der Waals surface area contributed by atoms with Crippen molar-refractivity contribution in [1.82, 2.24) is 9.62 Å². The number of nitrogens with zero attached hydrogens (tertiary/aromatic N) is 1. The molecule has 0 unspecified atom stereocenters. The summed E-state index contributed by atoms with van der Waals surface area (Å²) in [5.41, 5.74) is 2.38. The Morgan fingerprint density at radius 3 is 2.41 bits per heavy atom. The molecule has 1 amide bonds. The van der Waals surface area contributed by atoms with Gasteiger partial charge in [0.05, 0.1) is 0 Å². The van der Waals surface area contributed by atoms with Crippen LogP contribution in [0, 0.1) is 5.92 Å². The summed E-state index contributed by atoms with van der Waals surface area (Å²) in [5.74, 6) is 0.274. The van der Waals surface area contributed by atoms with Gasteiger partial charge in [0.25, 0.3) is 10.0 Å². The summed E-state index contributed by atoms with van der Waals surface area (Å²) in [6.45, 7) is 3.62. The minimum Gasteiger partial charge on any atom is -0.352 e. The molecule has 0 spiro atoms. The second-order valence-electron chi connectivity index (χ2n) is 6.93. The van der Waals surface area contributed by atoms with Crippen LogP contribution in [0.5, 0.6) is 0 Å². The molecule has 1 saturated heterocycles. The summed E-state index contributed by atoms with van der Waals surface area (Å²) in [5, 5.41) is 4.76. The van der Waals surface area contributed by atoms with E-state index in [9.17, 15) is 13.2 Å². The molecular weight excluding hydrogens is 380 g/mol. The molecule has 7 heteroatoms. The third-order valence-corrected chi connectivity index (χ3v) is 8.33. The van der Waals surface area contributed by atoms with E-state index in [1.54, 1.807) is 21.8 Å². The maximum atomic E-state index is 12.5. The first-order valence-electron chi connectivity index (χ1n) is 9.37. The molecule has 2 heterocycles. The van der Waals surface area contributed by atoms with Gasteiger partial charge in [-0.1, -0.05) is 37.3 Å². The molecule has 2 aromatic rings. The molecule has 27 heavy (non-hydrogen) atoms. The molecule has 0 saturated carbocycles. The minimum absolute atomic E-state index is 0.0362. The van der Waals surface area contributed by atoms with E-state index in [2.05, 4.69) is 24.4 Å². The van der Waals surface area contributed by atoms with Gasteiger partial charge in [-0.3, -0.25) is 4.79 Å². The highest BCUT2D eigenvalue weighted by molar-refractivity contribution is 7.91. The Hall–Kier alpha value is -1.70. The molecule has 1 fully saturated rings. The number of nitrogens with one attached hydrogen (secondary N) is 1. The number of benzene rings is 1. The fourth-order valence-corrected chi connectivity index (χ4v) is 5.93. The van der Waals surface area contributed by atoms with E-state index in [0.29, 0.717) is 30.3 Å². The van der Waals surface area contributed by atoms with Crippen molar-refractivity contribution < 1.29 is 13.2 Å². The summed E-state index contributed by atoms with van der Waals surface area (Å²) in [6, 6.07) is 11.7. The highest BCUT2D eigenvalue weighted by Gasteiger charge is 2.30. The molecule has 0 atom stereocenters. The molecule has 3 rings (SSSR count). The summed E-state index contributed by atoms with van der Waals surface area (Å²) < 4.78 is 27.0. The van der Waals surface area contributed by atoms with E-state index in [0.717, 1.165) is 24.8 Å². The van der Waals surface area contributed by atoms with Crippen molar-refractivity contribution in [2.24, 2.45) is 5.92 Å². The first kappa shape index (κ1) is 20.0. The lowest BCUT2D eigenvalue weighted by molar-refractivity contribution is -0.122. The Morgan fingerprint density at radius 1 is 1.15 bits per heavy atom. The van der Waals surface area contributed by atoms with Crippen molar-refractivity contribution in [1.29, 1.82) is 0 Å². The Bertz CT molecular complexity index is 838. The third-order valence-electron chi connectivity index (χ3n) is 5.06. The molecule has 5 nitrogen and oxygen atoms in total. The molecule has 1 aromatic carbocycles. The van der Waals surface area contributed by atoms with Crippen LogP contribution < -0.4 is 5.32 Å². The van der Waals surface area contributed by atoms with Gasteiger partial charge in [0.2, 0.25) is 5.91 Å². The lowest BCUT2D eigenvalue weighted by Crippen LogP contribution is -2.39. The van der Waals surface area contributed by atoms with Gasteiger partial charge in [-0.05, 0) is 47.8 Å². The number of carbonyl (C=O) groups is 1. The van der Waals surface area contributed by atoms with Crippen molar-refractivity contribution in [3.63, 3.8) is 0 Å². The molecular formula is C20H26N2O3S2. The van der Waals surface area contributed by atoms with E-state index in [-0.39, 0.29) is 11.8 Å². The maximum Gasteiger partial charge on any atom is 0.252 e. The number of hydrogen-bond acceptors (Lipinski definition) is 4. The first-order chi connectivity index (χ1) is 13.0. The second-order valence-corrected chi connectivity index (χ2v) is 10.0. The molecule has 146 valence electrons. The molecule has 0 radical (unpaired) electrons. The number of aryl methyl sites for hydroxylation is 1. The predicted molar refractivity (Wildman–Crippen MR) is 108 cm³/mol. The monoisotopic (exact) mass is 406 g/mol. The lowest BCUT2D eigenvalue weighted by atomic mass is 9.94. The molecule has 1 aliphatic rings. The average Bonchev–Trinajstić information content (AvgIpc) is 3.23. The summed E-state index contributed by atoms with van der Waals surface area (Å²) in [4.78, 5) is 12.2. The van der Waals surface area contributed by atoms with Gasteiger partial charge in [0.15, 0.2) is 0 Å². The summed E-state index contributed by atoms with van der Waals surface area (Å²) in [7, 11) is -3.37. The fourth-order valence-electron chi connectivity index (χ4n) is 3.32. The first-order valence-corrected chi connectivity index (χ1v) is 11.7. The molecule has 1 aromatic heterocycles. The third kappa shape index (κ3) is 5.18. The summed E-state index contributed by atoms with van der Waals surface area (Å²) >= 11 is 1.25. The zero-order valence-corrected chi connectivity index (χ0v) is 17.2. The Kier molecular flexibility index (Phi) is 6.68. The van der Waals surface area contributed by atoms with Crippen molar-refractivity contribution in [3.8, 4) is 0 Å². The number of thiophene rings is 1. The quantitative estimate of drug-likeness (QED) is 0.766. The fraction of sp³-hybridized carbons (Fsp3) is 0.450. The van der Waals surface area contributed by atoms with Gasteiger partial charge in [-0.2, -0.15) is 4.31 Å². The van der Waals surface area contributed by atoms with Crippen molar-refractivity contribution >= 4 is 27.3 Å².